The van der Waals surface area contributed by atoms with E-state index in [4.69, 9.17) is 4.74 Å². The van der Waals surface area contributed by atoms with E-state index in [1.54, 1.807) is 0 Å². The van der Waals surface area contributed by atoms with E-state index in [-0.39, 0.29) is 23.3 Å². The zero-order valence-electron chi connectivity index (χ0n) is 16.1. The van der Waals surface area contributed by atoms with Crippen molar-refractivity contribution in [3.8, 4) is 0 Å². The van der Waals surface area contributed by atoms with Crippen molar-refractivity contribution in [3.63, 3.8) is 0 Å². The Bertz CT molecular complexity index is 571. The van der Waals surface area contributed by atoms with Crippen molar-refractivity contribution in [1.29, 1.82) is 0 Å². The lowest BCUT2D eigenvalue weighted by Crippen LogP contribution is -2.45. The molecule has 0 unspecified atom stereocenters. The van der Waals surface area contributed by atoms with Crippen LogP contribution in [-0.2, 0) is 23.0 Å². The van der Waals surface area contributed by atoms with Crippen LogP contribution in [0, 0.1) is 25.2 Å². The van der Waals surface area contributed by atoms with Gasteiger partial charge in [-0.1, -0.05) is 20.8 Å². The molecule has 2 heterocycles. The Morgan fingerprint density at radius 3 is 2.67 bits per heavy atom. The standard InChI is InChI=1S/C19H33N3O2/c1-13(11-16-14(2)21-22(6)15(16)3)18(23)20-12-19(4,5)17-9-7-8-10-24-17/h13,17H,7-12H2,1-6H3,(H,20,23)/t13-,17+/m1/s1. The van der Waals surface area contributed by atoms with E-state index >= 15 is 0 Å². The lowest BCUT2D eigenvalue weighted by atomic mass is 9.82. The molecule has 0 saturated carbocycles. The quantitative estimate of drug-likeness (QED) is 0.869. The molecule has 1 amide bonds. The normalized spacial score (nSPS) is 20.0. The molecule has 1 N–H and O–H groups in total. The van der Waals surface area contributed by atoms with Crippen molar-refractivity contribution >= 4 is 5.91 Å². The van der Waals surface area contributed by atoms with Gasteiger partial charge in [-0.15, -0.1) is 0 Å². The number of nitrogens with one attached hydrogen (secondary N) is 1. The van der Waals surface area contributed by atoms with E-state index in [9.17, 15) is 4.79 Å². The monoisotopic (exact) mass is 335 g/mol. The van der Waals surface area contributed by atoms with Crippen LogP contribution in [0.4, 0.5) is 0 Å². The van der Waals surface area contributed by atoms with Crippen LogP contribution in [0.3, 0.4) is 0 Å². The first-order valence-electron chi connectivity index (χ1n) is 9.10. The molecule has 1 aromatic rings. The molecule has 0 bridgehead atoms. The molecule has 1 saturated heterocycles. The highest BCUT2D eigenvalue weighted by Crippen LogP contribution is 2.29. The molecule has 5 heteroatoms. The van der Waals surface area contributed by atoms with E-state index in [0.29, 0.717) is 6.54 Å². The number of aryl methyl sites for hydroxylation is 2. The third kappa shape index (κ3) is 4.38. The SMILES string of the molecule is Cc1nn(C)c(C)c1C[C@@H](C)C(=O)NCC(C)(C)[C@@H]1CCCCO1. The van der Waals surface area contributed by atoms with Crippen LogP contribution in [-0.4, -0.2) is 34.9 Å². The predicted octanol–water partition coefficient (Wildman–Crippen LogP) is 2.93. The molecule has 1 aliphatic heterocycles. The first kappa shape index (κ1) is 19.0. The van der Waals surface area contributed by atoms with Gasteiger partial charge in [0.15, 0.2) is 0 Å². The Morgan fingerprint density at radius 1 is 1.42 bits per heavy atom. The fraction of sp³-hybridized carbons (Fsp3) is 0.789. The molecule has 1 aromatic heterocycles. The number of hydrogen-bond acceptors (Lipinski definition) is 3. The van der Waals surface area contributed by atoms with Gasteiger partial charge in [-0.05, 0) is 45.1 Å². The van der Waals surface area contributed by atoms with E-state index in [2.05, 4.69) is 31.2 Å². The van der Waals surface area contributed by atoms with Gasteiger partial charge in [0.25, 0.3) is 0 Å². The van der Waals surface area contributed by atoms with E-state index < -0.39 is 0 Å². The predicted molar refractivity (Wildman–Crippen MR) is 95.9 cm³/mol. The van der Waals surface area contributed by atoms with Crippen molar-refractivity contribution in [2.45, 2.75) is 66.4 Å². The summed E-state index contributed by atoms with van der Waals surface area (Å²) in [7, 11) is 1.95. The lowest BCUT2D eigenvalue weighted by Gasteiger charge is -2.37. The van der Waals surface area contributed by atoms with Gasteiger partial charge < -0.3 is 10.1 Å². The summed E-state index contributed by atoms with van der Waals surface area (Å²) in [5.41, 5.74) is 3.32. The largest absolute Gasteiger partial charge is 0.378 e. The zero-order valence-corrected chi connectivity index (χ0v) is 16.1. The minimum atomic E-state index is -0.0605. The summed E-state index contributed by atoms with van der Waals surface area (Å²) in [5.74, 6) is 0.0520. The molecular formula is C19H33N3O2. The first-order chi connectivity index (χ1) is 11.2. The molecular weight excluding hydrogens is 302 g/mol. The second-order valence-corrected chi connectivity index (χ2v) is 7.94. The van der Waals surface area contributed by atoms with Gasteiger partial charge >= 0.3 is 0 Å². The second kappa shape index (κ2) is 7.68. The number of aromatic nitrogens is 2. The van der Waals surface area contributed by atoms with Crippen molar-refractivity contribution in [2.75, 3.05) is 13.2 Å². The van der Waals surface area contributed by atoms with Crippen LogP contribution in [0.1, 0.15) is 57.0 Å². The van der Waals surface area contributed by atoms with Gasteiger partial charge in [-0.25, -0.2) is 0 Å². The molecule has 0 radical (unpaired) electrons. The molecule has 5 nitrogen and oxygen atoms in total. The Balaban J connectivity index is 1.89. The highest BCUT2D eigenvalue weighted by molar-refractivity contribution is 5.78. The first-order valence-corrected chi connectivity index (χ1v) is 9.10. The minimum absolute atomic E-state index is 0.0318. The smallest absolute Gasteiger partial charge is 0.223 e. The number of carbonyl (C=O) groups is 1. The molecule has 0 aromatic carbocycles. The van der Waals surface area contributed by atoms with Crippen molar-refractivity contribution in [1.82, 2.24) is 15.1 Å². The van der Waals surface area contributed by atoms with Gasteiger partial charge in [0.05, 0.1) is 11.8 Å². The van der Waals surface area contributed by atoms with Crippen LogP contribution >= 0.6 is 0 Å². The number of rotatable bonds is 6. The lowest BCUT2D eigenvalue weighted by molar-refractivity contribution is -0.125. The van der Waals surface area contributed by atoms with Crippen molar-refractivity contribution < 1.29 is 9.53 Å². The summed E-state index contributed by atoms with van der Waals surface area (Å²) in [4.78, 5) is 12.5. The Morgan fingerprint density at radius 2 is 2.12 bits per heavy atom. The van der Waals surface area contributed by atoms with Gasteiger partial charge in [0, 0.05) is 37.2 Å². The topological polar surface area (TPSA) is 56.2 Å². The number of nitrogens with zero attached hydrogens (tertiary/aromatic N) is 2. The number of hydrogen-bond donors (Lipinski definition) is 1. The third-order valence-electron chi connectivity index (χ3n) is 5.39. The molecule has 136 valence electrons. The van der Waals surface area contributed by atoms with E-state index in [1.165, 1.54) is 12.0 Å². The molecule has 2 atom stereocenters. The highest BCUT2D eigenvalue weighted by Gasteiger charge is 2.32. The summed E-state index contributed by atoms with van der Waals surface area (Å²) >= 11 is 0. The van der Waals surface area contributed by atoms with Crippen LogP contribution in [0.25, 0.3) is 0 Å². The van der Waals surface area contributed by atoms with Crippen molar-refractivity contribution in [2.24, 2.45) is 18.4 Å². The maximum atomic E-state index is 12.5. The summed E-state index contributed by atoms with van der Waals surface area (Å²) in [6.07, 6.45) is 4.44. The zero-order chi connectivity index (χ0) is 17.9. The fourth-order valence-electron chi connectivity index (χ4n) is 3.47. The van der Waals surface area contributed by atoms with Crippen LogP contribution in [0.15, 0.2) is 0 Å². The summed E-state index contributed by atoms with van der Waals surface area (Å²) < 4.78 is 7.79. The van der Waals surface area contributed by atoms with Crippen LogP contribution in [0.5, 0.6) is 0 Å². The fourth-order valence-corrected chi connectivity index (χ4v) is 3.47. The molecule has 1 aliphatic rings. The summed E-state index contributed by atoms with van der Waals surface area (Å²) in [6.45, 7) is 11.9. The number of ether oxygens (including phenoxy) is 1. The van der Waals surface area contributed by atoms with E-state index in [1.807, 2.05) is 25.6 Å². The molecule has 0 spiro atoms. The number of carbonyl (C=O) groups excluding carboxylic acids is 1. The van der Waals surface area contributed by atoms with Gasteiger partial charge in [0.1, 0.15) is 0 Å². The number of amides is 1. The third-order valence-corrected chi connectivity index (χ3v) is 5.39. The van der Waals surface area contributed by atoms with Gasteiger partial charge in [0.2, 0.25) is 5.91 Å². The van der Waals surface area contributed by atoms with Gasteiger partial charge in [-0.2, -0.15) is 5.10 Å². The van der Waals surface area contributed by atoms with Crippen LogP contribution in [0.2, 0.25) is 0 Å². The van der Waals surface area contributed by atoms with E-state index in [0.717, 1.165) is 37.3 Å². The Hall–Kier alpha value is -1.36. The molecule has 2 rings (SSSR count). The average molecular weight is 335 g/mol. The maximum absolute atomic E-state index is 12.5. The summed E-state index contributed by atoms with van der Waals surface area (Å²) in [5, 5.41) is 7.58. The molecule has 1 fully saturated rings. The minimum Gasteiger partial charge on any atom is -0.378 e. The van der Waals surface area contributed by atoms with Crippen LogP contribution < -0.4 is 5.32 Å². The molecule has 24 heavy (non-hydrogen) atoms. The maximum Gasteiger partial charge on any atom is 0.223 e. The molecule has 0 aliphatic carbocycles. The van der Waals surface area contributed by atoms with Crippen molar-refractivity contribution in [3.05, 3.63) is 17.0 Å². The van der Waals surface area contributed by atoms with Gasteiger partial charge in [-0.3, -0.25) is 9.48 Å². The second-order valence-electron chi connectivity index (χ2n) is 7.94. The highest BCUT2D eigenvalue weighted by atomic mass is 16.5. The Labute approximate surface area is 146 Å². The Kier molecular flexibility index (Phi) is 6.07. The summed E-state index contributed by atoms with van der Waals surface area (Å²) in [6, 6.07) is 0. The average Bonchev–Trinajstić information content (AvgIpc) is 2.79.